The van der Waals surface area contributed by atoms with Crippen LogP contribution >= 0.6 is 11.6 Å². The fourth-order valence-corrected chi connectivity index (χ4v) is 3.81. The molecule has 6 nitrogen and oxygen atoms in total. The summed E-state index contributed by atoms with van der Waals surface area (Å²) in [6.45, 7) is 2.83. The largest absolute Gasteiger partial charge is 0.381 e. The van der Waals surface area contributed by atoms with E-state index in [1.807, 2.05) is 4.90 Å². The van der Waals surface area contributed by atoms with Crippen LogP contribution in [0, 0.1) is 5.92 Å². The van der Waals surface area contributed by atoms with Gasteiger partial charge in [-0.3, -0.25) is 9.59 Å². The standard InChI is InChI=1S/C19H26ClN3O3/c20-16-12-14(22-18(24)17(21)13-6-10-26-11-7-13)4-5-15(16)19(25)23-8-2-1-3-9-23/h4-5,12-13,17H,1-3,6-11,21H2,(H,22,24). The summed E-state index contributed by atoms with van der Waals surface area (Å²) in [4.78, 5) is 26.8. The van der Waals surface area contributed by atoms with Gasteiger partial charge in [-0.05, 0) is 56.2 Å². The summed E-state index contributed by atoms with van der Waals surface area (Å²) in [6.07, 6.45) is 4.80. The fraction of sp³-hybridized carbons (Fsp3) is 0.579. The lowest BCUT2D eigenvalue weighted by molar-refractivity contribution is -0.119. The Morgan fingerprint density at radius 2 is 1.88 bits per heavy atom. The van der Waals surface area contributed by atoms with E-state index in [9.17, 15) is 9.59 Å². The zero-order valence-corrected chi connectivity index (χ0v) is 15.6. The highest BCUT2D eigenvalue weighted by Crippen LogP contribution is 2.25. The molecule has 0 aromatic heterocycles. The highest BCUT2D eigenvalue weighted by molar-refractivity contribution is 6.34. The molecule has 2 aliphatic rings. The minimum atomic E-state index is -0.577. The van der Waals surface area contributed by atoms with Crippen molar-refractivity contribution in [1.29, 1.82) is 0 Å². The van der Waals surface area contributed by atoms with Crippen molar-refractivity contribution in [2.24, 2.45) is 11.7 Å². The van der Waals surface area contributed by atoms with Gasteiger partial charge >= 0.3 is 0 Å². The highest BCUT2D eigenvalue weighted by atomic mass is 35.5. The van der Waals surface area contributed by atoms with Crippen molar-refractivity contribution in [1.82, 2.24) is 4.90 Å². The zero-order valence-electron chi connectivity index (χ0n) is 14.9. The summed E-state index contributed by atoms with van der Waals surface area (Å²) < 4.78 is 5.31. The lowest BCUT2D eigenvalue weighted by atomic mass is 9.92. The van der Waals surface area contributed by atoms with Crippen LogP contribution in [0.5, 0.6) is 0 Å². The summed E-state index contributed by atoms with van der Waals surface area (Å²) in [5.41, 5.74) is 7.12. The molecule has 0 aliphatic carbocycles. The van der Waals surface area contributed by atoms with Crippen LogP contribution in [0.2, 0.25) is 5.02 Å². The molecule has 0 saturated carbocycles. The molecule has 0 bridgehead atoms. The lowest BCUT2D eigenvalue weighted by Gasteiger charge is -2.27. The highest BCUT2D eigenvalue weighted by Gasteiger charge is 2.27. The number of nitrogens with one attached hydrogen (secondary N) is 1. The lowest BCUT2D eigenvalue weighted by Crippen LogP contribution is -2.44. The molecule has 2 amide bonds. The Bertz CT molecular complexity index is 655. The Labute approximate surface area is 159 Å². The van der Waals surface area contributed by atoms with E-state index < -0.39 is 6.04 Å². The zero-order chi connectivity index (χ0) is 18.5. The van der Waals surface area contributed by atoms with Crippen LogP contribution < -0.4 is 11.1 Å². The molecule has 1 atom stereocenters. The first kappa shape index (κ1) is 19.1. The van der Waals surface area contributed by atoms with E-state index in [1.165, 1.54) is 0 Å². The SMILES string of the molecule is NC(C(=O)Nc1ccc(C(=O)N2CCCCC2)c(Cl)c1)C1CCOCC1. The number of likely N-dealkylation sites (tertiary alicyclic amines) is 1. The van der Waals surface area contributed by atoms with Gasteiger partial charge in [0.05, 0.1) is 16.6 Å². The van der Waals surface area contributed by atoms with E-state index in [-0.39, 0.29) is 17.7 Å². The Morgan fingerprint density at radius 3 is 2.54 bits per heavy atom. The molecule has 7 heteroatoms. The molecule has 2 saturated heterocycles. The summed E-state index contributed by atoms with van der Waals surface area (Å²) in [5, 5.41) is 3.16. The van der Waals surface area contributed by atoms with E-state index >= 15 is 0 Å². The van der Waals surface area contributed by atoms with Crippen LogP contribution in [0.15, 0.2) is 18.2 Å². The Hall–Kier alpha value is -1.63. The van der Waals surface area contributed by atoms with E-state index in [0.717, 1.165) is 45.2 Å². The molecule has 3 N–H and O–H groups in total. The maximum Gasteiger partial charge on any atom is 0.255 e. The molecular weight excluding hydrogens is 354 g/mol. The van der Waals surface area contributed by atoms with E-state index in [2.05, 4.69) is 5.32 Å². The second-order valence-electron chi connectivity index (χ2n) is 7.01. The average molecular weight is 380 g/mol. The van der Waals surface area contributed by atoms with Crippen LogP contribution in [0.3, 0.4) is 0 Å². The molecule has 1 unspecified atom stereocenters. The minimum absolute atomic E-state index is 0.0496. The second kappa shape index (κ2) is 8.84. The maximum absolute atomic E-state index is 12.6. The van der Waals surface area contributed by atoms with Crippen LogP contribution in [0.25, 0.3) is 0 Å². The van der Waals surface area contributed by atoms with Gasteiger partial charge in [-0.25, -0.2) is 0 Å². The average Bonchev–Trinajstić information content (AvgIpc) is 2.68. The molecule has 3 rings (SSSR count). The normalized spacial score (nSPS) is 19.8. The smallest absolute Gasteiger partial charge is 0.255 e. The molecule has 26 heavy (non-hydrogen) atoms. The van der Waals surface area contributed by atoms with Gasteiger partial charge in [-0.1, -0.05) is 11.6 Å². The van der Waals surface area contributed by atoms with E-state index in [1.54, 1.807) is 18.2 Å². The molecule has 0 radical (unpaired) electrons. The predicted octanol–water partition coefficient (Wildman–Crippen LogP) is 2.66. The Kier molecular flexibility index (Phi) is 6.51. The van der Waals surface area contributed by atoms with Crippen molar-refractivity contribution in [2.75, 3.05) is 31.6 Å². The first-order valence-electron chi connectivity index (χ1n) is 9.29. The first-order chi connectivity index (χ1) is 12.6. The van der Waals surface area contributed by atoms with Crippen LogP contribution in [0.1, 0.15) is 42.5 Å². The van der Waals surface area contributed by atoms with Crippen molar-refractivity contribution in [3.8, 4) is 0 Å². The van der Waals surface area contributed by atoms with Crippen molar-refractivity contribution in [3.05, 3.63) is 28.8 Å². The molecule has 0 spiro atoms. The van der Waals surface area contributed by atoms with Crippen molar-refractivity contribution >= 4 is 29.1 Å². The van der Waals surface area contributed by atoms with Gasteiger partial charge in [0.15, 0.2) is 0 Å². The third-order valence-corrected chi connectivity index (χ3v) is 5.50. The topological polar surface area (TPSA) is 84.7 Å². The summed E-state index contributed by atoms with van der Waals surface area (Å²) in [5.74, 6) is -0.159. The van der Waals surface area contributed by atoms with Crippen LogP contribution in [0.4, 0.5) is 5.69 Å². The molecule has 1 aromatic rings. The minimum Gasteiger partial charge on any atom is -0.381 e. The summed E-state index contributed by atoms with van der Waals surface area (Å²) in [6, 6.07) is 4.42. The van der Waals surface area contributed by atoms with Crippen LogP contribution in [-0.2, 0) is 9.53 Å². The van der Waals surface area contributed by atoms with Gasteiger partial charge in [0.1, 0.15) is 0 Å². The number of hydrogen-bond acceptors (Lipinski definition) is 4. The van der Waals surface area contributed by atoms with Gasteiger partial charge in [-0.2, -0.15) is 0 Å². The first-order valence-corrected chi connectivity index (χ1v) is 9.67. The number of benzene rings is 1. The quantitative estimate of drug-likeness (QED) is 0.842. The number of anilines is 1. The third kappa shape index (κ3) is 4.55. The number of carbonyl (C=O) groups excluding carboxylic acids is 2. The monoisotopic (exact) mass is 379 g/mol. The summed E-state index contributed by atoms with van der Waals surface area (Å²) in [7, 11) is 0. The summed E-state index contributed by atoms with van der Waals surface area (Å²) >= 11 is 6.31. The Balaban J connectivity index is 1.63. The number of piperidine rings is 1. The molecular formula is C19H26ClN3O3. The second-order valence-corrected chi connectivity index (χ2v) is 7.42. The van der Waals surface area contributed by atoms with Crippen molar-refractivity contribution < 1.29 is 14.3 Å². The number of hydrogen-bond donors (Lipinski definition) is 2. The van der Waals surface area contributed by atoms with Crippen LogP contribution in [-0.4, -0.2) is 49.1 Å². The molecule has 142 valence electrons. The number of rotatable bonds is 4. The number of halogens is 1. The van der Waals surface area contributed by atoms with Gasteiger partial charge in [0.2, 0.25) is 5.91 Å². The number of amides is 2. The predicted molar refractivity (Wildman–Crippen MR) is 101 cm³/mol. The van der Waals surface area contributed by atoms with E-state index in [0.29, 0.717) is 29.5 Å². The molecule has 2 fully saturated rings. The van der Waals surface area contributed by atoms with Gasteiger partial charge < -0.3 is 20.7 Å². The van der Waals surface area contributed by atoms with E-state index in [4.69, 9.17) is 22.1 Å². The third-order valence-electron chi connectivity index (χ3n) is 5.19. The maximum atomic E-state index is 12.6. The van der Waals surface area contributed by atoms with Gasteiger partial charge in [0, 0.05) is 32.0 Å². The Morgan fingerprint density at radius 1 is 1.19 bits per heavy atom. The molecule has 2 aliphatic heterocycles. The van der Waals surface area contributed by atoms with Gasteiger partial charge in [-0.15, -0.1) is 0 Å². The number of nitrogens with zero attached hydrogens (tertiary/aromatic N) is 1. The number of ether oxygens (including phenoxy) is 1. The number of nitrogens with two attached hydrogens (primary N) is 1. The van der Waals surface area contributed by atoms with Gasteiger partial charge in [0.25, 0.3) is 5.91 Å². The number of carbonyl (C=O) groups is 2. The van der Waals surface area contributed by atoms with Crippen molar-refractivity contribution in [3.63, 3.8) is 0 Å². The molecule has 2 heterocycles. The fourth-order valence-electron chi connectivity index (χ4n) is 3.55. The van der Waals surface area contributed by atoms with Crippen molar-refractivity contribution in [2.45, 2.75) is 38.1 Å². The molecule has 1 aromatic carbocycles.